The van der Waals surface area contributed by atoms with Crippen molar-refractivity contribution < 1.29 is 27.5 Å². The molecule has 0 aromatic heterocycles. The molecule has 2 amide bonds. The zero-order chi connectivity index (χ0) is 20.2. The van der Waals surface area contributed by atoms with E-state index >= 15 is 0 Å². The van der Waals surface area contributed by atoms with Gasteiger partial charge in [-0.1, -0.05) is 0 Å². The van der Waals surface area contributed by atoms with Crippen LogP contribution in [0.2, 0.25) is 0 Å². The van der Waals surface area contributed by atoms with Gasteiger partial charge in [-0.2, -0.15) is 8.78 Å². The Morgan fingerprint density at radius 1 is 1.30 bits per heavy atom. The molecule has 6 nitrogen and oxygen atoms in total. The van der Waals surface area contributed by atoms with E-state index in [1.54, 1.807) is 0 Å². The Morgan fingerprint density at radius 2 is 1.96 bits per heavy atom. The van der Waals surface area contributed by atoms with Gasteiger partial charge in [0.1, 0.15) is 0 Å². The van der Waals surface area contributed by atoms with Crippen LogP contribution < -0.4 is 15.4 Å². The lowest BCUT2D eigenvalue weighted by Crippen LogP contribution is -2.55. The summed E-state index contributed by atoms with van der Waals surface area (Å²) in [5.74, 6) is -2.00. The van der Waals surface area contributed by atoms with Crippen molar-refractivity contribution in [3.8, 4) is 5.75 Å². The first-order valence-electron chi connectivity index (χ1n) is 8.59. The van der Waals surface area contributed by atoms with E-state index in [2.05, 4.69) is 15.4 Å². The minimum absolute atomic E-state index is 0.0350. The largest absolute Gasteiger partial charge is 0.432 e. The van der Waals surface area contributed by atoms with E-state index in [1.165, 1.54) is 6.07 Å². The molecule has 0 bridgehead atoms. The third kappa shape index (κ3) is 6.74. The van der Waals surface area contributed by atoms with Crippen LogP contribution in [0.1, 0.15) is 31.1 Å². The molecule has 0 aliphatic carbocycles. The van der Waals surface area contributed by atoms with E-state index < -0.39 is 24.1 Å². The van der Waals surface area contributed by atoms with E-state index in [4.69, 9.17) is 0 Å². The van der Waals surface area contributed by atoms with Gasteiger partial charge in [-0.25, -0.2) is 4.39 Å². The van der Waals surface area contributed by atoms with Gasteiger partial charge in [0.2, 0.25) is 5.91 Å². The predicted octanol–water partition coefficient (Wildman–Crippen LogP) is 2.00. The number of hydrogen-bond donors (Lipinski definition) is 2. The lowest BCUT2D eigenvalue weighted by atomic mass is 10.00. The molecule has 9 heteroatoms. The molecule has 1 heterocycles. The van der Waals surface area contributed by atoms with Crippen LogP contribution >= 0.6 is 0 Å². The Balaban J connectivity index is 1.75. The highest BCUT2D eigenvalue weighted by Crippen LogP contribution is 2.21. The second-order valence-corrected chi connectivity index (χ2v) is 7.59. The Labute approximate surface area is 156 Å². The summed E-state index contributed by atoms with van der Waals surface area (Å²) < 4.78 is 41.9. The van der Waals surface area contributed by atoms with Gasteiger partial charge in [-0.05, 0) is 39.0 Å². The van der Waals surface area contributed by atoms with E-state index in [0.717, 1.165) is 12.1 Å². The van der Waals surface area contributed by atoms with Gasteiger partial charge in [0.15, 0.2) is 11.6 Å². The first-order chi connectivity index (χ1) is 12.5. The Bertz CT molecular complexity index is 686. The second-order valence-electron chi connectivity index (χ2n) is 7.59. The highest BCUT2D eigenvalue weighted by molar-refractivity contribution is 5.94. The van der Waals surface area contributed by atoms with E-state index in [1.807, 2.05) is 25.7 Å². The number of ether oxygens (including phenoxy) is 1. The molecule has 0 spiro atoms. The fourth-order valence-corrected chi connectivity index (χ4v) is 2.77. The third-order valence-electron chi connectivity index (χ3n) is 3.88. The summed E-state index contributed by atoms with van der Waals surface area (Å²) >= 11 is 0. The van der Waals surface area contributed by atoms with Crippen molar-refractivity contribution in [1.82, 2.24) is 15.5 Å². The maximum absolute atomic E-state index is 13.4. The third-order valence-corrected chi connectivity index (χ3v) is 3.88. The lowest BCUT2D eigenvalue weighted by molar-refractivity contribution is -0.125. The molecule has 0 atom stereocenters. The van der Waals surface area contributed by atoms with Gasteiger partial charge < -0.3 is 15.4 Å². The van der Waals surface area contributed by atoms with Crippen LogP contribution in [-0.2, 0) is 4.79 Å². The van der Waals surface area contributed by atoms with Crippen molar-refractivity contribution in [3.05, 3.63) is 29.6 Å². The molecule has 1 fully saturated rings. The zero-order valence-electron chi connectivity index (χ0n) is 15.5. The van der Waals surface area contributed by atoms with Crippen LogP contribution in [0.4, 0.5) is 13.2 Å². The summed E-state index contributed by atoms with van der Waals surface area (Å²) in [4.78, 5) is 25.9. The van der Waals surface area contributed by atoms with Crippen LogP contribution in [0.3, 0.4) is 0 Å². The Hall–Kier alpha value is -2.29. The number of rotatable bonds is 7. The molecule has 27 heavy (non-hydrogen) atoms. The Morgan fingerprint density at radius 3 is 2.56 bits per heavy atom. The van der Waals surface area contributed by atoms with E-state index in [9.17, 15) is 22.8 Å². The van der Waals surface area contributed by atoms with Crippen molar-refractivity contribution >= 4 is 11.8 Å². The fourth-order valence-electron chi connectivity index (χ4n) is 2.77. The first kappa shape index (κ1) is 21.0. The molecule has 150 valence electrons. The Kier molecular flexibility index (Phi) is 6.69. The molecule has 0 radical (unpaired) electrons. The summed E-state index contributed by atoms with van der Waals surface area (Å²) in [6, 6.07) is 3.05. The minimum atomic E-state index is -3.17. The molecular formula is C18H24F3N3O3. The second kappa shape index (κ2) is 8.60. The molecule has 2 N–H and O–H groups in total. The molecular weight excluding hydrogens is 363 g/mol. The van der Waals surface area contributed by atoms with Crippen molar-refractivity contribution in [2.45, 2.75) is 32.9 Å². The quantitative estimate of drug-likeness (QED) is 0.751. The number of hydrogen-bond acceptors (Lipinski definition) is 4. The van der Waals surface area contributed by atoms with Crippen LogP contribution in [0.25, 0.3) is 0 Å². The predicted molar refractivity (Wildman–Crippen MR) is 93.2 cm³/mol. The normalized spacial score (nSPS) is 15.4. The van der Waals surface area contributed by atoms with Gasteiger partial charge in [-0.3, -0.25) is 14.5 Å². The average Bonchev–Trinajstić information content (AvgIpc) is 2.49. The number of amides is 2. The zero-order valence-corrected chi connectivity index (χ0v) is 15.5. The summed E-state index contributed by atoms with van der Waals surface area (Å²) in [6.45, 7) is 4.56. The summed E-state index contributed by atoms with van der Waals surface area (Å²) in [5, 5.41) is 5.56. The number of likely N-dealkylation sites (tertiary alicyclic amines) is 1. The molecule has 0 saturated carbocycles. The maximum atomic E-state index is 13.4. The SMILES string of the molecule is CC(C)(C)NC(=O)CN1CC(CNC(=O)c2ccc(F)c(OC(F)F)c2)C1. The van der Waals surface area contributed by atoms with Crippen LogP contribution in [-0.4, -0.2) is 55.0 Å². The van der Waals surface area contributed by atoms with Gasteiger partial charge in [0.05, 0.1) is 6.54 Å². The number of benzene rings is 1. The van der Waals surface area contributed by atoms with E-state index in [0.29, 0.717) is 26.2 Å². The number of carbonyl (C=O) groups is 2. The number of nitrogens with zero attached hydrogens (tertiary/aromatic N) is 1. The molecule has 1 saturated heterocycles. The summed E-state index contributed by atoms with van der Waals surface area (Å²) in [6.07, 6.45) is 0. The minimum Gasteiger partial charge on any atom is -0.432 e. The molecule has 1 aromatic rings. The monoisotopic (exact) mass is 387 g/mol. The highest BCUT2D eigenvalue weighted by Gasteiger charge is 2.29. The number of carbonyl (C=O) groups excluding carboxylic acids is 2. The fraction of sp³-hybridized carbons (Fsp3) is 0.556. The molecule has 2 rings (SSSR count). The van der Waals surface area contributed by atoms with Crippen LogP contribution in [0.5, 0.6) is 5.75 Å². The molecule has 1 aliphatic heterocycles. The standard InChI is InChI=1S/C18H24F3N3O3/c1-18(2,3)23-15(25)10-24-8-11(9-24)7-22-16(26)12-4-5-13(19)14(6-12)27-17(20)21/h4-6,11,17H,7-10H2,1-3H3,(H,22,26)(H,23,25). The van der Waals surface area contributed by atoms with E-state index in [-0.39, 0.29) is 22.9 Å². The van der Waals surface area contributed by atoms with Crippen molar-refractivity contribution in [2.24, 2.45) is 5.92 Å². The van der Waals surface area contributed by atoms with Crippen molar-refractivity contribution in [3.63, 3.8) is 0 Å². The summed E-state index contributed by atoms with van der Waals surface area (Å²) in [5.41, 5.74) is -0.245. The average molecular weight is 387 g/mol. The number of nitrogens with one attached hydrogen (secondary N) is 2. The topological polar surface area (TPSA) is 70.7 Å². The first-order valence-corrected chi connectivity index (χ1v) is 8.59. The maximum Gasteiger partial charge on any atom is 0.387 e. The van der Waals surface area contributed by atoms with Gasteiger partial charge in [0, 0.05) is 36.7 Å². The van der Waals surface area contributed by atoms with Gasteiger partial charge >= 0.3 is 6.61 Å². The van der Waals surface area contributed by atoms with Crippen LogP contribution in [0.15, 0.2) is 18.2 Å². The smallest absolute Gasteiger partial charge is 0.387 e. The molecule has 0 unspecified atom stereocenters. The molecule has 1 aliphatic rings. The van der Waals surface area contributed by atoms with Gasteiger partial charge in [0.25, 0.3) is 5.91 Å². The van der Waals surface area contributed by atoms with Gasteiger partial charge in [-0.15, -0.1) is 0 Å². The number of alkyl halides is 2. The highest BCUT2D eigenvalue weighted by atomic mass is 19.3. The lowest BCUT2D eigenvalue weighted by Gasteiger charge is -2.39. The summed E-state index contributed by atoms with van der Waals surface area (Å²) in [7, 11) is 0. The van der Waals surface area contributed by atoms with Crippen molar-refractivity contribution in [2.75, 3.05) is 26.2 Å². The van der Waals surface area contributed by atoms with Crippen LogP contribution in [0, 0.1) is 11.7 Å². The van der Waals surface area contributed by atoms with Crippen molar-refractivity contribution in [1.29, 1.82) is 0 Å². The molecule has 1 aromatic carbocycles. The number of halogens is 3.